The Labute approximate surface area is 231 Å². The van der Waals surface area contributed by atoms with Crippen molar-refractivity contribution in [1.82, 2.24) is 9.97 Å². The number of nitrogens with zero attached hydrogens (tertiary/aromatic N) is 2. The molecule has 2 N–H and O–H groups in total. The molecule has 0 radical (unpaired) electrons. The van der Waals surface area contributed by atoms with Crippen molar-refractivity contribution in [1.29, 1.82) is 10.5 Å². The second kappa shape index (κ2) is 11.2. The van der Waals surface area contributed by atoms with E-state index in [1.165, 1.54) is 0 Å². The van der Waals surface area contributed by atoms with Crippen LogP contribution >= 0.6 is 89.9 Å². The lowest BCUT2D eigenvalue weighted by molar-refractivity contribution is 1.34. The third-order valence-electron chi connectivity index (χ3n) is 4.33. The molecule has 4 rings (SSSR count). The van der Waals surface area contributed by atoms with Crippen molar-refractivity contribution in [2.75, 3.05) is 0 Å². The molecular weight excluding hydrogens is 657 g/mol. The Hall–Kier alpha value is -1.61. The number of rotatable bonds is 2. The van der Waals surface area contributed by atoms with E-state index in [4.69, 9.17) is 68.5 Å². The highest BCUT2D eigenvalue weighted by atomic mass is 79.9. The lowest BCUT2D eigenvalue weighted by Crippen LogP contribution is -1.83. The number of hydrogen-bond acceptors (Lipinski definition) is 2. The Kier molecular flexibility index (Phi) is 8.83. The monoisotopic (exact) mass is 662 g/mol. The Morgan fingerprint density at radius 1 is 0.758 bits per heavy atom. The second-order valence-electron chi connectivity index (χ2n) is 6.36. The summed E-state index contributed by atoms with van der Waals surface area (Å²) < 4.78 is 1.39. The number of halogens is 7. The fourth-order valence-electron chi connectivity index (χ4n) is 2.86. The van der Waals surface area contributed by atoms with Crippen LogP contribution in [0, 0.1) is 22.7 Å². The van der Waals surface area contributed by atoms with Crippen molar-refractivity contribution in [3.8, 4) is 34.7 Å². The zero-order valence-electron chi connectivity index (χ0n) is 16.1. The fraction of sp³-hybridized carbons (Fsp3) is 0. The summed E-state index contributed by atoms with van der Waals surface area (Å²) in [6.45, 7) is 0. The van der Waals surface area contributed by atoms with Gasteiger partial charge in [0.25, 0.3) is 0 Å². The average Bonchev–Trinajstić information content (AvgIpc) is 3.23. The summed E-state index contributed by atoms with van der Waals surface area (Å²) in [4.78, 5) is 5.92. The van der Waals surface area contributed by atoms with Crippen molar-refractivity contribution in [3.05, 3.63) is 87.9 Å². The average molecular weight is 666 g/mol. The molecule has 4 aromatic rings. The molecule has 2 aromatic carbocycles. The first-order valence-corrected chi connectivity index (χ1v) is 12.3. The molecular formula is C22H9Br2Cl5N4. The van der Waals surface area contributed by atoms with Gasteiger partial charge in [0.2, 0.25) is 0 Å². The maximum Gasteiger partial charge on any atom is 0.127 e. The predicted molar refractivity (Wildman–Crippen MR) is 142 cm³/mol. The number of H-pyrrole nitrogens is 2. The topological polar surface area (TPSA) is 79.2 Å². The van der Waals surface area contributed by atoms with Crippen molar-refractivity contribution < 1.29 is 0 Å². The summed E-state index contributed by atoms with van der Waals surface area (Å²) in [7, 11) is 0. The molecule has 4 nitrogen and oxygen atoms in total. The van der Waals surface area contributed by atoms with E-state index in [-0.39, 0.29) is 10.2 Å². The Bertz CT molecular complexity index is 1430. The van der Waals surface area contributed by atoms with Crippen LogP contribution < -0.4 is 0 Å². The summed E-state index contributed by atoms with van der Waals surface area (Å²) in [5, 5.41) is 20.3. The second-order valence-corrected chi connectivity index (χ2v) is 9.99. The van der Waals surface area contributed by atoms with E-state index in [1.807, 2.05) is 12.1 Å². The number of benzene rings is 2. The Morgan fingerprint density at radius 3 is 2.03 bits per heavy atom. The van der Waals surface area contributed by atoms with E-state index in [1.54, 1.807) is 36.4 Å². The molecule has 0 spiro atoms. The molecule has 166 valence electrons. The first kappa shape index (κ1) is 26.0. The number of aromatic amines is 2. The van der Waals surface area contributed by atoms with Crippen molar-refractivity contribution in [2.45, 2.75) is 0 Å². The molecule has 0 amide bonds. The smallest absolute Gasteiger partial charge is 0.127 e. The van der Waals surface area contributed by atoms with E-state index in [2.05, 4.69) is 47.9 Å². The first-order chi connectivity index (χ1) is 15.7. The van der Waals surface area contributed by atoms with Crippen LogP contribution in [0.1, 0.15) is 11.1 Å². The van der Waals surface area contributed by atoms with Gasteiger partial charge in [0.1, 0.15) is 17.3 Å². The quantitative estimate of drug-likeness (QED) is 0.223. The number of nitriles is 2. The number of aromatic nitrogens is 2. The molecule has 0 atom stereocenters. The van der Waals surface area contributed by atoms with Crippen LogP contribution in [-0.4, -0.2) is 9.97 Å². The molecule has 0 aliphatic carbocycles. The third-order valence-corrected chi connectivity index (χ3v) is 7.79. The molecule has 0 saturated heterocycles. The van der Waals surface area contributed by atoms with Gasteiger partial charge in [0.05, 0.1) is 41.6 Å². The van der Waals surface area contributed by atoms with Gasteiger partial charge in [-0.05, 0) is 62.2 Å². The molecule has 2 heterocycles. The maximum absolute atomic E-state index is 9.13. The van der Waals surface area contributed by atoms with Crippen LogP contribution in [0.25, 0.3) is 22.5 Å². The van der Waals surface area contributed by atoms with Gasteiger partial charge in [0, 0.05) is 21.2 Å². The Morgan fingerprint density at radius 2 is 1.42 bits per heavy atom. The summed E-state index contributed by atoms with van der Waals surface area (Å²) in [6, 6.07) is 16.4. The summed E-state index contributed by atoms with van der Waals surface area (Å²) in [5.74, 6) is 0. The molecule has 33 heavy (non-hydrogen) atoms. The lowest BCUT2D eigenvalue weighted by Gasteiger charge is -2.03. The van der Waals surface area contributed by atoms with Crippen LogP contribution in [0.5, 0.6) is 0 Å². The highest BCUT2D eigenvalue weighted by molar-refractivity contribution is 9.13. The zero-order valence-corrected chi connectivity index (χ0v) is 23.0. The number of hydrogen-bond donors (Lipinski definition) is 2. The van der Waals surface area contributed by atoms with Crippen LogP contribution in [0.2, 0.25) is 25.2 Å². The largest absolute Gasteiger partial charge is 0.347 e. The molecule has 0 unspecified atom stereocenters. The minimum Gasteiger partial charge on any atom is -0.347 e. The van der Waals surface area contributed by atoms with Crippen LogP contribution in [-0.2, 0) is 0 Å². The van der Waals surface area contributed by atoms with Gasteiger partial charge >= 0.3 is 0 Å². The summed E-state index contributed by atoms with van der Waals surface area (Å²) in [6.07, 6.45) is 0. The minimum atomic E-state index is 0.235. The minimum absolute atomic E-state index is 0.235. The molecule has 11 heteroatoms. The highest BCUT2D eigenvalue weighted by Crippen LogP contribution is 2.38. The van der Waals surface area contributed by atoms with Gasteiger partial charge in [-0.15, -0.1) is 0 Å². The molecule has 2 aromatic heterocycles. The number of nitrogens with one attached hydrogen (secondary N) is 2. The predicted octanol–water partition coefficient (Wildman–Crippen LogP) is 9.90. The van der Waals surface area contributed by atoms with Crippen LogP contribution in [0.15, 0.2) is 51.5 Å². The van der Waals surface area contributed by atoms with Gasteiger partial charge in [-0.3, -0.25) is 0 Å². The maximum atomic E-state index is 9.13. The van der Waals surface area contributed by atoms with Crippen molar-refractivity contribution >= 4 is 89.9 Å². The van der Waals surface area contributed by atoms with Gasteiger partial charge in [-0.25, -0.2) is 0 Å². The molecule has 0 bridgehead atoms. The lowest BCUT2D eigenvalue weighted by atomic mass is 10.1. The zero-order chi connectivity index (χ0) is 24.3. The van der Waals surface area contributed by atoms with E-state index in [0.717, 1.165) is 11.1 Å². The standard InChI is InChI=1S/C11H4Br2Cl2N2.C11H5Cl3N2/c12-9-7(4-16)10(17-11(9)13)6-2-1-5(14)3-8(6)15;12-7-3-1-2-6(4-7)10-8(5-15)9(13)11(14)16-10/h1-3,17H;1-4,16H. The molecule has 0 saturated carbocycles. The van der Waals surface area contributed by atoms with Gasteiger partial charge in [-0.1, -0.05) is 70.1 Å². The normalized spacial score (nSPS) is 10.2. The fourth-order valence-corrected chi connectivity index (χ4v) is 4.71. The Balaban J connectivity index is 0.000000186. The third kappa shape index (κ3) is 5.73. The summed E-state index contributed by atoms with van der Waals surface area (Å²) in [5.41, 5.74) is 3.58. The molecule has 0 aliphatic rings. The summed E-state index contributed by atoms with van der Waals surface area (Å²) >= 11 is 36.2. The van der Waals surface area contributed by atoms with Crippen LogP contribution in [0.3, 0.4) is 0 Å². The van der Waals surface area contributed by atoms with Gasteiger partial charge in [-0.2, -0.15) is 10.5 Å². The van der Waals surface area contributed by atoms with Crippen LogP contribution in [0.4, 0.5) is 0 Å². The highest BCUT2D eigenvalue weighted by Gasteiger charge is 2.17. The van der Waals surface area contributed by atoms with E-state index < -0.39 is 0 Å². The first-order valence-electron chi connectivity index (χ1n) is 8.83. The molecule has 0 aliphatic heterocycles. The van der Waals surface area contributed by atoms with E-state index in [9.17, 15) is 0 Å². The van der Waals surface area contributed by atoms with E-state index in [0.29, 0.717) is 46.7 Å². The van der Waals surface area contributed by atoms with Crippen molar-refractivity contribution in [2.24, 2.45) is 0 Å². The van der Waals surface area contributed by atoms with Gasteiger partial charge in [0.15, 0.2) is 0 Å². The molecule has 0 fully saturated rings. The van der Waals surface area contributed by atoms with E-state index >= 15 is 0 Å². The van der Waals surface area contributed by atoms with Crippen molar-refractivity contribution in [3.63, 3.8) is 0 Å². The SMILES string of the molecule is N#Cc1c(-c2ccc(Cl)cc2Cl)[nH]c(Br)c1Br.N#Cc1c(-c2cccc(Cl)c2)[nH]c(Cl)c1Cl. The van der Waals surface area contributed by atoms with Gasteiger partial charge < -0.3 is 9.97 Å².